The molecule has 0 saturated carbocycles. The summed E-state index contributed by atoms with van der Waals surface area (Å²) in [5.74, 6) is -1.50. The number of piperazine rings is 1. The van der Waals surface area contributed by atoms with Gasteiger partial charge in [-0.3, -0.25) is 19.3 Å². The summed E-state index contributed by atoms with van der Waals surface area (Å²) >= 11 is 0. The number of anilines is 2. The molecule has 2 aromatic rings. The largest absolute Gasteiger partial charge is 0.452 e. The van der Waals surface area contributed by atoms with Crippen molar-refractivity contribution >= 4 is 35.1 Å². The minimum Gasteiger partial charge on any atom is -0.452 e. The third kappa shape index (κ3) is 4.58. The Morgan fingerprint density at radius 3 is 2.13 bits per heavy atom. The SMILES string of the molecule is O=C(OCC(=O)N1CCN(c2ccccc2)CC1)c1cccc(N2C(=O)CCC2=O)c1. The Kier molecular flexibility index (Phi) is 5.97. The standard InChI is InChI=1S/C23H23N3O5/c27-20-9-10-21(28)26(20)19-8-4-5-17(15-19)23(30)31-16-22(29)25-13-11-24(12-14-25)18-6-2-1-3-7-18/h1-8,15H,9-14,16H2. The number of rotatable bonds is 5. The summed E-state index contributed by atoms with van der Waals surface area (Å²) in [6, 6.07) is 16.1. The lowest BCUT2D eigenvalue weighted by Crippen LogP contribution is -2.49. The molecule has 2 aromatic carbocycles. The molecule has 0 bridgehead atoms. The third-order valence-corrected chi connectivity index (χ3v) is 5.47. The van der Waals surface area contributed by atoms with Crippen LogP contribution in [0, 0.1) is 0 Å². The lowest BCUT2D eigenvalue weighted by Gasteiger charge is -2.36. The van der Waals surface area contributed by atoms with Gasteiger partial charge in [-0.05, 0) is 30.3 Å². The highest BCUT2D eigenvalue weighted by atomic mass is 16.5. The van der Waals surface area contributed by atoms with E-state index in [-0.39, 0.29) is 42.7 Å². The molecule has 8 heteroatoms. The molecule has 2 aliphatic rings. The fourth-order valence-electron chi connectivity index (χ4n) is 3.79. The van der Waals surface area contributed by atoms with Crippen LogP contribution in [0.3, 0.4) is 0 Å². The van der Waals surface area contributed by atoms with Crippen LogP contribution < -0.4 is 9.80 Å². The summed E-state index contributed by atoms with van der Waals surface area (Å²) in [6.45, 7) is 2.18. The van der Waals surface area contributed by atoms with Gasteiger partial charge in [0.15, 0.2) is 6.61 Å². The lowest BCUT2D eigenvalue weighted by molar-refractivity contribution is -0.134. The van der Waals surface area contributed by atoms with Crippen LogP contribution in [-0.4, -0.2) is 61.4 Å². The average Bonchev–Trinajstić information content (AvgIpc) is 3.15. The van der Waals surface area contributed by atoms with E-state index in [2.05, 4.69) is 4.90 Å². The smallest absolute Gasteiger partial charge is 0.338 e. The summed E-state index contributed by atoms with van der Waals surface area (Å²) in [5.41, 5.74) is 1.65. The van der Waals surface area contributed by atoms with Crippen LogP contribution in [0.15, 0.2) is 54.6 Å². The number of nitrogens with zero attached hydrogens (tertiary/aromatic N) is 3. The lowest BCUT2D eigenvalue weighted by atomic mass is 10.2. The predicted molar refractivity (Wildman–Crippen MR) is 114 cm³/mol. The molecule has 8 nitrogen and oxygen atoms in total. The molecule has 0 unspecified atom stereocenters. The van der Waals surface area contributed by atoms with Gasteiger partial charge in [-0.15, -0.1) is 0 Å². The molecule has 0 aliphatic carbocycles. The van der Waals surface area contributed by atoms with Crippen LogP contribution in [0.1, 0.15) is 23.2 Å². The third-order valence-electron chi connectivity index (χ3n) is 5.47. The highest BCUT2D eigenvalue weighted by Gasteiger charge is 2.30. The van der Waals surface area contributed by atoms with Gasteiger partial charge in [-0.2, -0.15) is 0 Å². The number of amides is 3. The van der Waals surface area contributed by atoms with Crippen molar-refractivity contribution in [2.45, 2.75) is 12.8 Å². The first-order chi connectivity index (χ1) is 15.0. The number of hydrogen-bond acceptors (Lipinski definition) is 6. The number of carbonyl (C=O) groups is 4. The Balaban J connectivity index is 1.30. The molecular formula is C23H23N3O5. The molecule has 0 spiro atoms. The quantitative estimate of drug-likeness (QED) is 0.541. The van der Waals surface area contributed by atoms with Crippen molar-refractivity contribution in [2.75, 3.05) is 42.6 Å². The van der Waals surface area contributed by atoms with E-state index in [4.69, 9.17) is 4.74 Å². The van der Waals surface area contributed by atoms with E-state index in [9.17, 15) is 19.2 Å². The first-order valence-corrected chi connectivity index (χ1v) is 10.2. The van der Waals surface area contributed by atoms with E-state index in [1.165, 1.54) is 12.1 Å². The van der Waals surface area contributed by atoms with Crippen LogP contribution in [-0.2, 0) is 19.1 Å². The fraction of sp³-hybridized carbons (Fsp3) is 0.304. The Morgan fingerprint density at radius 2 is 1.45 bits per heavy atom. The fourth-order valence-corrected chi connectivity index (χ4v) is 3.79. The summed E-state index contributed by atoms with van der Waals surface area (Å²) in [6.07, 6.45) is 0.332. The molecule has 0 aromatic heterocycles. The molecule has 2 fully saturated rings. The number of imide groups is 1. The van der Waals surface area contributed by atoms with Crippen molar-refractivity contribution in [3.63, 3.8) is 0 Å². The predicted octanol–water partition coefficient (Wildman–Crippen LogP) is 1.85. The number of benzene rings is 2. The van der Waals surface area contributed by atoms with Crippen LogP contribution >= 0.6 is 0 Å². The highest BCUT2D eigenvalue weighted by Crippen LogP contribution is 2.23. The molecule has 4 rings (SSSR count). The molecule has 31 heavy (non-hydrogen) atoms. The molecule has 2 heterocycles. The zero-order valence-corrected chi connectivity index (χ0v) is 17.0. The van der Waals surface area contributed by atoms with Crippen LogP contribution in [0.25, 0.3) is 0 Å². The molecule has 2 aliphatic heterocycles. The molecule has 3 amide bonds. The van der Waals surface area contributed by atoms with Gasteiger partial charge in [0.05, 0.1) is 11.3 Å². The summed E-state index contributed by atoms with van der Waals surface area (Å²) in [5, 5.41) is 0. The molecule has 0 radical (unpaired) electrons. The Morgan fingerprint density at radius 1 is 0.806 bits per heavy atom. The summed E-state index contributed by atoms with van der Waals surface area (Å²) in [4.78, 5) is 53.7. The second-order valence-corrected chi connectivity index (χ2v) is 7.45. The van der Waals surface area contributed by atoms with Crippen molar-refractivity contribution in [3.05, 3.63) is 60.2 Å². The van der Waals surface area contributed by atoms with Crippen molar-refractivity contribution in [2.24, 2.45) is 0 Å². The van der Waals surface area contributed by atoms with Gasteiger partial charge < -0.3 is 14.5 Å². The number of carbonyl (C=O) groups excluding carboxylic acids is 4. The molecule has 0 atom stereocenters. The maximum absolute atomic E-state index is 12.5. The van der Waals surface area contributed by atoms with Gasteiger partial charge in [0.25, 0.3) is 5.91 Å². The second-order valence-electron chi connectivity index (χ2n) is 7.45. The maximum atomic E-state index is 12.5. The van der Waals surface area contributed by atoms with Gasteiger partial charge in [0.1, 0.15) is 0 Å². The van der Waals surface area contributed by atoms with Crippen LogP contribution in [0.4, 0.5) is 11.4 Å². The Labute approximate surface area is 180 Å². The van der Waals surface area contributed by atoms with E-state index in [0.717, 1.165) is 10.6 Å². The molecular weight excluding hydrogens is 398 g/mol. The second kappa shape index (κ2) is 8.99. The minimum absolute atomic E-state index is 0.166. The minimum atomic E-state index is -0.669. The van der Waals surface area contributed by atoms with Crippen molar-refractivity contribution < 1.29 is 23.9 Å². The summed E-state index contributed by atoms with van der Waals surface area (Å²) < 4.78 is 5.19. The first-order valence-electron chi connectivity index (χ1n) is 10.2. The Bertz CT molecular complexity index is 983. The van der Waals surface area contributed by atoms with E-state index < -0.39 is 5.97 Å². The van der Waals surface area contributed by atoms with Crippen molar-refractivity contribution in [3.8, 4) is 0 Å². The number of para-hydroxylation sites is 1. The van der Waals surface area contributed by atoms with Crippen molar-refractivity contribution in [1.82, 2.24) is 4.90 Å². The number of hydrogen-bond donors (Lipinski definition) is 0. The van der Waals surface area contributed by atoms with Crippen molar-refractivity contribution in [1.29, 1.82) is 0 Å². The zero-order chi connectivity index (χ0) is 21.8. The van der Waals surface area contributed by atoms with Gasteiger partial charge in [0.2, 0.25) is 11.8 Å². The summed E-state index contributed by atoms with van der Waals surface area (Å²) in [7, 11) is 0. The van der Waals surface area contributed by atoms with Gasteiger partial charge in [-0.1, -0.05) is 24.3 Å². The maximum Gasteiger partial charge on any atom is 0.338 e. The number of ether oxygens (including phenoxy) is 1. The van der Waals surface area contributed by atoms with E-state index in [1.54, 1.807) is 17.0 Å². The van der Waals surface area contributed by atoms with Crippen LogP contribution in [0.2, 0.25) is 0 Å². The average molecular weight is 421 g/mol. The normalized spacial score (nSPS) is 16.6. The molecule has 2 saturated heterocycles. The van der Waals surface area contributed by atoms with E-state index in [1.807, 2.05) is 30.3 Å². The van der Waals surface area contributed by atoms with E-state index in [0.29, 0.717) is 31.9 Å². The number of esters is 1. The zero-order valence-electron chi connectivity index (χ0n) is 17.0. The molecule has 160 valence electrons. The Hall–Kier alpha value is -3.68. The van der Waals surface area contributed by atoms with Gasteiger partial charge >= 0.3 is 5.97 Å². The van der Waals surface area contributed by atoms with Crippen LogP contribution in [0.5, 0.6) is 0 Å². The first kappa shape index (κ1) is 20.6. The topological polar surface area (TPSA) is 87.2 Å². The van der Waals surface area contributed by atoms with Gasteiger partial charge in [0, 0.05) is 44.7 Å². The highest BCUT2D eigenvalue weighted by molar-refractivity contribution is 6.20. The monoisotopic (exact) mass is 421 g/mol. The van der Waals surface area contributed by atoms with Gasteiger partial charge in [-0.25, -0.2) is 4.79 Å². The van der Waals surface area contributed by atoms with E-state index >= 15 is 0 Å². The molecule has 0 N–H and O–H groups in total.